The van der Waals surface area contributed by atoms with Crippen molar-refractivity contribution < 1.29 is 19.1 Å². The van der Waals surface area contributed by atoms with Crippen molar-refractivity contribution in [1.29, 1.82) is 0 Å². The molecule has 0 fully saturated rings. The molecule has 2 aromatic rings. The predicted molar refractivity (Wildman–Crippen MR) is 115 cm³/mol. The average molecular weight is 419 g/mol. The van der Waals surface area contributed by atoms with Crippen LogP contribution >= 0.6 is 11.6 Å². The van der Waals surface area contributed by atoms with Gasteiger partial charge in [0, 0.05) is 31.3 Å². The highest BCUT2D eigenvalue weighted by Crippen LogP contribution is 2.36. The number of halogens is 1. The summed E-state index contributed by atoms with van der Waals surface area (Å²) in [5.74, 6) is 0.476. The number of carbonyl (C=O) groups is 2. The van der Waals surface area contributed by atoms with E-state index in [1.54, 1.807) is 23.1 Å². The molecule has 2 aromatic carbocycles. The first kappa shape index (κ1) is 22.6. The molecule has 2 rings (SSSR count). The molecule has 0 heterocycles. The van der Waals surface area contributed by atoms with Crippen LogP contribution in [0.5, 0.6) is 11.5 Å². The van der Waals surface area contributed by atoms with Crippen LogP contribution in [-0.4, -0.2) is 37.0 Å². The van der Waals surface area contributed by atoms with Crippen LogP contribution in [0, 0.1) is 0 Å². The van der Waals surface area contributed by atoms with Crippen LogP contribution in [0.4, 0.5) is 5.69 Å². The third-order valence-corrected chi connectivity index (χ3v) is 4.68. The first-order chi connectivity index (χ1) is 13.9. The van der Waals surface area contributed by atoms with Gasteiger partial charge in [0.2, 0.25) is 5.91 Å². The van der Waals surface area contributed by atoms with Crippen molar-refractivity contribution in [2.24, 2.45) is 0 Å². The fourth-order valence-electron chi connectivity index (χ4n) is 2.82. The van der Waals surface area contributed by atoms with Gasteiger partial charge in [-0.2, -0.15) is 0 Å². The summed E-state index contributed by atoms with van der Waals surface area (Å²) in [7, 11) is 1.50. The van der Waals surface area contributed by atoms with Crippen molar-refractivity contribution in [3.8, 4) is 11.5 Å². The predicted octanol–water partition coefficient (Wildman–Crippen LogP) is 4.76. The number of ether oxygens (including phenoxy) is 2. The van der Waals surface area contributed by atoms with Gasteiger partial charge < -0.3 is 19.7 Å². The number of para-hydroxylation sites is 1. The number of nitrogens with zero attached hydrogens (tertiary/aromatic N) is 1. The first-order valence-electron chi connectivity index (χ1n) is 9.56. The highest BCUT2D eigenvalue weighted by molar-refractivity contribution is 6.32. The minimum atomic E-state index is -0.328. The summed E-state index contributed by atoms with van der Waals surface area (Å²) in [4.78, 5) is 26.3. The van der Waals surface area contributed by atoms with Crippen molar-refractivity contribution in [3.63, 3.8) is 0 Å². The second-order valence-corrected chi connectivity index (χ2v) is 6.89. The van der Waals surface area contributed by atoms with E-state index in [0.717, 1.165) is 12.0 Å². The maximum Gasteiger partial charge on any atom is 0.255 e. The summed E-state index contributed by atoms with van der Waals surface area (Å²) in [6.45, 7) is 6.93. The molecule has 2 amide bonds. The molecule has 0 bridgehead atoms. The number of amides is 2. The molecule has 0 aliphatic heterocycles. The van der Waals surface area contributed by atoms with Crippen molar-refractivity contribution in [3.05, 3.63) is 52.5 Å². The van der Waals surface area contributed by atoms with E-state index in [2.05, 4.69) is 5.32 Å². The Kier molecular flexibility index (Phi) is 8.34. The molecule has 0 saturated carbocycles. The topological polar surface area (TPSA) is 67.9 Å². The van der Waals surface area contributed by atoms with E-state index >= 15 is 0 Å². The summed E-state index contributed by atoms with van der Waals surface area (Å²) < 4.78 is 11.0. The number of methoxy groups -OCH3 is 1. The van der Waals surface area contributed by atoms with Gasteiger partial charge >= 0.3 is 0 Å². The lowest BCUT2D eigenvalue weighted by Gasteiger charge is -2.21. The highest BCUT2D eigenvalue weighted by Gasteiger charge is 2.17. The summed E-state index contributed by atoms with van der Waals surface area (Å²) in [5, 5.41) is 3.21. The van der Waals surface area contributed by atoms with E-state index < -0.39 is 0 Å². The number of anilines is 1. The standard InChI is InChI=1S/C22H27ClN2O4/c1-5-11-29-21-18(23)12-17(13-20(21)28-4)22(27)24-19-10-8-7-9-16(19)14-25(6-2)15(3)26/h7-10,12-13H,5-6,11,14H2,1-4H3,(H,24,27). The average Bonchev–Trinajstić information content (AvgIpc) is 2.71. The Hall–Kier alpha value is -2.73. The second-order valence-electron chi connectivity index (χ2n) is 6.48. The highest BCUT2D eigenvalue weighted by atomic mass is 35.5. The number of carbonyl (C=O) groups excluding carboxylic acids is 2. The molecule has 156 valence electrons. The lowest BCUT2D eigenvalue weighted by atomic mass is 10.1. The molecule has 0 atom stereocenters. The maximum absolute atomic E-state index is 12.9. The largest absolute Gasteiger partial charge is 0.493 e. The lowest BCUT2D eigenvalue weighted by Crippen LogP contribution is -2.28. The minimum Gasteiger partial charge on any atom is -0.493 e. The molecule has 0 aromatic heterocycles. The van der Waals surface area contributed by atoms with Gasteiger partial charge in [-0.05, 0) is 37.1 Å². The Labute approximate surface area is 176 Å². The van der Waals surface area contributed by atoms with E-state index in [0.29, 0.717) is 47.5 Å². The van der Waals surface area contributed by atoms with Gasteiger partial charge in [0.1, 0.15) is 0 Å². The molecule has 0 unspecified atom stereocenters. The Bertz CT molecular complexity index is 870. The molecule has 0 aliphatic carbocycles. The van der Waals surface area contributed by atoms with Crippen LogP contribution in [0.25, 0.3) is 0 Å². The van der Waals surface area contributed by atoms with Gasteiger partial charge in [-0.15, -0.1) is 0 Å². The number of hydrogen-bond acceptors (Lipinski definition) is 4. The Morgan fingerprint density at radius 2 is 1.90 bits per heavy atom. The van der Waals surface area contributed by atoms with Crippen molar-refractivity contribution in [2.75, 3.05) is 25.6 Å². The minimum absolute atomic E-state index is 0.0205. The van der Waals surface area contributed by atoms with Crippen molar-refractivity contribution in [1.82, 2.24) is 4.90 Å². The van der Waals surface area contributed by atoms with Gasteiger partial charge in [-0.25, -0.2) is 0 Å². The zero-order valence-electron chi connectivity index (χ0n) is 17.3. The monoisotopic (exact) mass is 418 g/mol. The van der Waals surface area contributed by atoms with Gasteiger partial charge in [0.05, 0.1) is 18.7 Å². The molecule has 0 spiro atoms. The quantitative estimate of drug-likeness (QED) is 0.637. The van der Waals surface area contributed by atoms with E-state index in [1.807, 2.05) is 32.0 Å². The number of nitrogens with one attached hydrogen (secondary N) is 1. The molecule has 1 N–H and O–H groups in total. The normalized spacial score (nSPS) is 10.4. The third kappa shape index (κ3) is 5.87. The summed E-state index contributed by atoms with van der Waals surface area (Å²) in [6, 6.07) is 10.6. The van der Waals surface area contributed by atoms with E-state index in [1.165, 1.54) is 14.0 Å². The Balaban J connectivity index is 2.27. The smallest absolute Gasteiger partial charge is 0.255 e. The molecule has 29 heavy (non-hydrogen) atoms. The molecule has 0 aliphatic rings. The fraction of sp³-hybridized carbons (Fsp3) is 0.364. The van der Waals surface area contributed by atoms with E-state index in [-0.39, 0.29) is 11.8 Å². The van der Waals surface area contributed by atoms with Gasteiger partial charge in [0.15, 0.2) is 11.5 Å². The summed E-state index contributed by atoms with van der Waals surface area (Å²) in [5.41, 5.74) is 1.84. The van der Waals surface area contributed by atoms with Crippen molar-refractivity contribution >= 4 is 29.1 Å². The maximum atomic E-state index is 12.9. The lowest BCUT2D eigenvalue weighted by molar-refractivity contribution is -0.129. The van der Waals surface area contributed by atoms with Crippen LogP contribution in [-0.2, 0) is 11.3 Å². The van der Waals surface area contributed by atoms with Gasteiger partial charge in [-0.1, -0.05) is 36.7 Å². The van der Waals surface area contributed by atoms with Crippen molar-refractivity contribution in [2.45, 2.75) is 33.7 Å². The van der Waals surface area contributed by atoms with Crippen LogP contribution in [0.15, 0.2) is 36.4 Å². The van der Waals surface area contributed by atoms with Gasteiger partial charge in [-0.3, -0.25) is 9.59 Å². The number of hydrogen-bond donors (Lipinski definition) is 1. The summed E-state index contributed by atoms with van der Waals surface area (Å²) >= 11 is 6.32. The number of rotatable bonds is 9. The first-order valence-corrected chi connectivity index (χ1v) is 9.94. The van der Waals surface area contributed by atoms with Crippen LogP contribution in [0.1, 0.15) is 43.1 Å². The van der Waals surface area contributed by atoms with Crippen LogP contribution < -0.4 is 14.8 Å². The molecule has 0 saturated heterocycles. The zero-order valence-corrected chi connectivity index (χ0v) is 18.0. The molecular formula is C22H27ClN2O4. The SMILES string of the molecule is CCCOc1c(Cl)cc(C(=O)Nc2ccccc2CN(CC)C(C)=O)cc1OC. The molecular weight excluding hydrogens is 392 g/mol. The second kappa shape index (κ2) is 10.7. The van der Waals surface area contributed by atoms with Crippen LogP contribution in [0.3, 0.4) is 0 Å². The Morgan fingerprint density at radius 1 is 1.17 bits per heavy atom. The van der Waals surface area contributed by atoms with Gasteiger partial charge in [0.25, 0.3) is 5.91 Å². The van der Waals surface area contributed by atoms with Crippen LogP contribution in [0.2, 0.25) is 5.02 Å². The summed E-state index contributed by atoms with van der Waals surface area (Å²) in [6.07, 6.45) is 0.827. The zero-order chi connectivity index (χ0) is 21.4. The molecule has 7 heteroatoms. The molecule has 6 nitrogen and oxygen atoms in total. The van der Waals surface area contributed by atoms with E-state index in [4.69, 9.17) is 21.1 Å². The van der Waals surface area contributed by atoms with E-state index in [9.17, 15) is 9.59 Å². The third-order valence-electron chi connectivity index (χ3n) is 4.40. The number of benzene rings is 2. The fourth-order valence-corrected chi connectivity index (χ4v) is 3.09. The molecule has 0 radical (unpaired) electrons. The Morgan fingerprint density at radius 3 is 2.52 bits per heavy atom.